The van der Waals surface area contributed by atoms with Crippen molar-refractivity contribution in [2.45, 2.75) is 26.7 Å². The molecule has 0 bridgehead atoms. The van der Waals surface area contributed by atoms with Crippen LogP contribution in [0, 0.1) is 18.3 Å². The van der Waals surface area contributed by atoms with E-state index in [1.807, 2.05) is 31.2 Å². The van der Waals surface area contributed by atoms with Crippen molar-refractivity contribution in [2.24, 2.45) is 0 Å². The summed E-state index contributed by atoms with van der Waals surface area (Å²) < 4.78 is 5.89. The number of benzene rings is 2. The summed E-state index contributed by atoms with van der Waals surface area (Å²) in [5, 5.41) is 9.67. The highest BCUT2D eigenvalue weighted by Crippen LogP contribution is 2.33. The summed E-state index contributed by atoms with van der Waals surface area (Å²) in [4.78, 5) is 0. The topological polar surface area (TPSA) is 33.0 Å². The first kappa shape index (κ1) is 14.4. The van der Waals surface area contributed by atoms with Gasteiger partial charge in [-0.05, 0) is 54.3 Å². The van der Waals surface area contributed by atoms with E-state index in [4.69, 9.17) is 21.6 Å². The molecule has 0 fully saturated rings. The van der Waals surface area contributed by atoms with Crippen LogP contribution in [-0.4, -0.2) is 0 Å². The second-order valence-corrected chi connectivity index (χ2v) is 5.44. The zero-order valence-corrected chi connectivity index (χ0v) is 12.5. The Morgan fingerprint density at radius 1 is 1.20 bits per heavy atom. The minimum absolute atomic E-state index is 0.330. The Morgan fingerprint density at radius 3 is 2.60 bits per heavy atom. The second kappa shape index (κ2) is 5.98. The number of hydrogen-bond acceptors (Lipinski definition) is 2. The van der Waals surface area contributed by atoms with Gasteiger partial charge in [-0.25, -0.2) is 0 Å². The predicted molar refractivity (Wildman–Crippen MR) is 81.5 cm³/mol. The summed E-state index contributed by atoms with van der Waals surface area (Å²) in [6, 6.07) is 13.1. The van der Waals surface area contributed by atoms with Crippen molar-refractivity contribution in [3.63, 3.8) is 0 Å². The van der Waals surface area contributed by atoms with E-state index in [0.29, 0.717) is 17.2 Å². The highest BCUT2D eigenvalue weighted by atomic mass is 35.5. The van der Waals surface area contributed by atoms with E-state index >= 15 is 0 Å². The van der Waals surface area contributed by atoms with Crippen LogP contribution in [0.1, 0.15) is 36.5 Å². The molecule has 102 valence electrons. The fourth-order valence-corrected chi connectivity index (χ4v) is 2.41. The van der Waals surface area contributed by atoms with Crippen LogP contribution in [0.15, 0.2) is 36.4 Å². The van der Waals surface area contributed by atoms with Gasteiger partial charge < -0.3 is 4.74 Å². The molecule has 2 aromatic carbocycles. The number of nitrogens with zero attached hydrogens (tertiary/aromatic N) is 1. The Morgan fingerprint density at radius 2 is 1.95 bits per heavy atom. The molecule has 2 nitrogen and oxygen atoms in total. The molecule has 3 heteroatoms. The van der Waals surface area contributed by atoms with Gasteiger partial charge in [0.1, 0.15) is 11.5 Å². The van der Waals surface area contributed by atoms with Gasteiger partial charge in [-0.3, -0.25) is 0 Å². The third-order valence-corrected chi connectivity index (χ3v) is 3.43. The Bertz CT molecular complexity index is 671. The predicted octanol–water partition coefficient (Wildman–Crippen LogP) is 5.44. The number of hydrogen-bond donors (Lipinski definition) is 0. The number of halogens is 1. The monoisotopic (exact) mass is 285 g/mol. The molecular formula is C17H16ClNO. The molecule has 0 N–H and O–H groups in total. The van der Waals surface area contributed by atoms with E-state index in [9.17, 15) is 0 Å². The third-order valence-electron chi connectivity index (χ3n) is 3.11. The van der Waals surface area contributed by atoms with Gasteiger partial charge >= 0.3 is 0 Å². The average molecular weight is 286 g/mol. The molecule has 0 atom stereocenters. The molecule has 0 aliphatic heterocycles. The first-order chi connectivity index (χ1) is 9.51. The van der Waals surface area contributed by atoms with Gasteiger partial charge in [0.25, 0.3) is 0 Å². The van der Waals surface area contributed by atoms with Gasteiger partial charge in [0.2, 0.25) is 0 Å². The minimum Gasteiger partial charge on any atom is -0.457 e. The van der Waals surface area contributed by atoms with Crippen molar-refractivity contribution in [1.29, 1.82) is 5.26 Å². The van der Waals surface area contributed by atoms with Gasteiger partial charge in [0, 0.05) is 5.02 Å². The molecular weight excluding hydrogens is 270 g/mol. The molecule has 0 radical (unpaired) electrons. The zero-order chi connectivity index (χ0) is 14.7. The molecule has 0 saturated carbocycles. The summed E-state index contributed by atoms with van der Waals surface area (Å²) in [6.45, 7) is 6.15. The maximum Gasteiger partial charge on any atom is 0.130 e. The van der Waals surface area contributed by atoms with Crippen LogP contribution in [0.4, 0.5) is 0 Å². The number of nitriles is 1. The maximum atomic E-state index is 8.91. The average Bonchev–Trinajstić information content (AvgIpc) is 2.41. The molecule has 0 spiro atoms. The quantitative estimate of drug-likeness (QED) is 0.752. The first-order valence-corrected chi connectivity index (χ1v) is 6.87. The van der Waals surface area contributed by atoms with Gasteiger partial charge in [0.15, 0.2) is 0 Å². The lowest BCUT2D eigenvalue weighted by Crippen LogP contribution is -1.94. The van der Waals surface area contributed by atoms with Crippen LogP contribution in [0.2, 0.25) is 5.02 Å². The van der Waals surface area contributed by atoms with Gasteiger partial charge in [-0.1, -0.05) is 31.5 Å². The Hall–Kier alpha value is -1.98. The van der Waals surface area contributed by atoms with E-state index in [2.05, 4.69) is 19.9 Å². The molecule has 0 aliphatic carbocycles. The van der Waals surface area contributed by atoms with Crippen molar-refractivity contribution in [2.75, 3.05) is 0 Å². The minimum atomic E-state index is 0.330. The highest BCUT2D eigenvalue weighted by Gasteiger charge is 2.11. The van der Waals surface area contributed by atoms with Gasteiger partial charge in [-0.15, -0.1) is 0 Å². The Kier molecular flexibility index (Phi) is 4.32. The molecule has 0 aliphatic rings. The molecule has 0 saturated heterocycles. The number of ether oxygens (including phenoxy) is 1. The lowest BCUT2D eigenvalue weighted by molar-refractivity contribution is 0.477. The van der Waals surface area contributed by atoms with Crippen molar-refractivity contribution in [3.05, 3.63) is 58.1 Å². The highest BCUT2D eigenvalue weighted by molar-refractivity contribution is 6.31. The number of aryl methyl sites for hydroxylation is 1. The van der Waals surface area contributed by atoms with Crippen LogP contribution in [0.25, 0.3) is 0 Å². The van der Waals surface area contributed by atoms with Crippen molar-refractivity contribution >= 4 is 11.6 Å². The standard InChI is InChI=1S/C17H16ClNO/c1-11(2)15-9-17(12(3)7-16(15)18)20-14-6-4-5-13(8-14)10-19/h4-9,11H,1-3H3. The van der Waals surface area contributed by atoms with Crippen molar-refractivity contribution in [1.82, 2.24) is 0 Å². The zero-order valence-electron chi connectivity index (χ0n) is 11.8. The molecule has 2 aromatic rings. The summed E-state index contributed by atoms with van der Waals surface area (Å²) in [7, 11) is 0. The van der Waals surface area contributed by atoms with Crippen LogP contribution in [-0.2, 0) is 0 Å². The largest absolute Gasteiger partial charge is 0.457 e. The van der Waals surface area contributed by atoms with E-state index in [1.165, 1.54) is 0 Å². The van der Waals surface area contributed by atoms with E-state index in [1.54, 1.807) is 12.1 Å². The van der Waals surface area contributed by atoms with Crippen LogP contribution < -0.4 is 4.74 Å². The van der Waals surface area contributed by atoms with E-state index < -0.39 is 0 Å². The van der Waals surface area contributed by atoms with Gasteiger partial charge in [-0.2, -0.15) is 5.26 Å². The summed E-state index contributed by atoms with van der Waals surface area (Å²) in [5.41, 5.74) is 2.61. The van der Waals surface area contributed by atoms with E-state index in [0.717, 1.165) is 21.9 Å². The fourth-order valence-electron chi connectivity index (χ4n) is 1.98. The second-order valence-electron chi connectivity index (χ2n) is 5.04. The Labute approximate surface area is 124 Å². The van der Waals surface area contributed by atoms with Crippen LogP contribution >= 0.6 is 11.6 Å². The molecule has 20 heavy (non-hydrogen) atoms. The summed E-state index contributed by atoms with van der Waals surface area (Å²) >= 11 is 6.25. The summed E-state index contributed by atoms with van der Waals surface area (Å²) in [5.74, 6) is 1.76. The van der Waals surface area contributed by atoms with Crippen LogP contribution in [0.3, 0.4) is 0 Å². The smallest absolute Gasteiger partial charge is 0.130 e. The Balaban J connectivity index is 2.38. The lowest BCUT2D eigenvalue weighted by atomic mass is 10.0. The third kappa shape index (κ3) is 3.12. The molecule has 0 aromatic heterocycles. The van der Waals surface area contributed by atoms with E-state index in [-0.39, 0.29) is 0 Å². The molecule has 0 heterocycles. The summed E-state index contributed by atoms with van der Waals surface area (Å²) in [6.07, 6.45) is 0. The molecule has 0 amide bonds. The van der Waals surface area contributed by atoms with Gasteiger partial charge in [0.05, 0.1) is 11.6 Å². The SMILES string of the molecule is Cc1cc(Cl)c(C(C)C)cc1Oc1cccc(C#N)c1. The molecule has 2 rings (SSSR count). The first-order valence-electron chi connectivity index (χ1n) is 6.49. The van der Waals surface area contributed by atoms with Crippen LogP contribution in [0.5, 0.6) is 11.5 Å². The fraction of sp³-hybridized carbons (Fsp3) is 0.235. The normalized spacial score (nSPS) is 10.4. The lowest BCUT2D eigenvalue weighted by Gasteiger charge is -2.14. The van der Waals surface area contributed by atoms with Crippen molar-refractivity contribution < 1.29 is 4.74 Å². The maximum absolute atomic E-state index is 8.91. The van der Waals surface area contributed by atoms with Crippen molar-refractivity contribution in [3.8, 4) is 17.6 Å². The molecule has 0 unspecified atom stereocenters. The number of rotatable bonds is 3.